The molecule has 4 heteroatoms. The molecule has 1 aromatic carbocycles. The number of rotatable bonds is 3. The molecule has 15 heavy (non-hydrogen) atoms. The molecule has 1 rings (SSSR count). The molecule has 0 aromatic heterocycles. The highest BCUT2D eigenvalue weighted by molar-refractivity contribution is 5.81. The van der Waals surface area contributed by atoms with E-state index in [4.69, 9.17) is 0 Å². The number of hydrazone groups is 1. The number of hydrogen-bond donors (Lipinski definition) is 2. The molecule has 0 aliphatic rings. The average Bonchev–Trinajstić information content (AvgIpc) is 2.18. The Morgan fingerprint density at radius 2 is 2.33 bits per heavy atom. The van der Waals surface area contributed by atoms with E-state index in [0.717, 1.165) is 11.1 Å². The molecule has 4 nitrogen and oxygen atoms in total. The van der Waals surface area contributed by atoms with Gasteiger partial charge < -0.3 is 5.32 Å². The second-order valence-electron chi connectivity index (χ2n) is 3.14. The molecular formula is C11H15N3O. The molecule has 0 saturated heterocycles. The summed E-state index contributed by atoms with van der Waals surface area (Å²) in [4.78, 5) is 11.0. The van der Waals surface area contributed by atoms with Crippen molar-refractivity contribution < 1.29 is 4.79 Å². The highest BCUT2D eigenvalue weighted by Gasteiger charge is 1.92. The van der Waals surface area contributed by atoms with Crippen LogP contribution in [0.5, 0.6) is 0 Å². The quantitative estimate of drug-likeness (QED) is 0.572. The summed E-state index contributed by atoms with van der Waals surface area (Å²) in [6, 6.07) is 7.58. The zero-order valence-corrected chi connectivity index (χ0v) is 8.95. The van der Waals surface area contributed by atoms with Gasteiger partial charge in [0.1, 0.15) is 0 Å². The first-order chi connectivity index (χ1) is 7.22. The van der Waals surface area contributed by atoms with E-state index < -0.39 is 0 Å². The third-order valence-electron chi connectivity index (χ3n) is 1.76. The van der Waals surface area contributed by atoms with Crippen LogP contribution < -0.4 is 10.7 Å². The molecule has 0 atom stereocenters. The first kappa shape index (κ1) is 11.2. The SMILES string of the molecule is CCNC(=O)N/N=C/c1cccc(C)c1. The van der Waals surface area contributed by atoms with Crippen molar-refractivity contribution in [1.82, 2.24) is 10.7 Å². The monoisotopic (exact) mass is 205 g/mol. The number of nitrogens with zero attached hydrogens (tertiary/aromatic N) is 1. The number of amides is 2. The topological polar surface area (TPSA) is 53.5 Å². The summed E-state index contributed by atoms with van der Waals surface area (Å²) in [6.07, 6.45) is 1.61. The lowest BCUT2D eigenvalue weighted by Gasteiger charge is -1.99. The highest BCUT2D eigenvalue weighted by Crippen LogP contribution is 2.00. The minimum absolute atomic E-state index is 0.290. The van der Waals surface area contributed by atoms with Crippen LogP contribution >= 0.6 is 0 Å². The van der Waals surface area contributed by atoms with E-state index >= 15 is 0 Å². The summed E-state index contributed by atoms with van der Waals surface area (Å²) in [7, 11) is 0. The van der Waals surface area contributed by atoms with E-state index in [1.54, 1.807) is 6.21 Å². The van der Waals surface area contributed by atoms with Crippen LogP contribution in [0.1, 0.15) is 18.1 Å². The van der Waals surface area contributed by atoms with E-state index in [9.17, 15) is 4.79 Å². The number of aryl methyl sites for hydroxylation is 1. The van der Waals surface area contributed by atoms with Crippen LogP contribution in [0.4, 0.5) is 4.79 Å². The summed E-state index contributed by atoms with van der Waals surface area (Å²) in [5.41, 5.74) is 4.50. The maximum absolute atomic E-state index is 11.0. The fourth-order valence-electron chi connectivity index (χ4n) is 1.12. The van der Waals surface area contributed by atoms with E-state index in [1.807, 2.05) is 38.1 Å². The molecule has 2 amide bonds. The zero-order valence-electron chi connectivity index (χ0n) is 8.95. The van der Waals surface area contributed by atoms with E-state index in [0.29, 0.717) is 6.54 Å². The second kappa shape index (κ2) is 5.80. The number of urea groups is 1. The van der Waals surface area contributed by atoms with Crippen LogP contribution in [-0.4, -0.2) is 18.8 Å². The molecule has 80 valence electrons. The fraction of sp³-hybridized carbons (Fsp3) is 0.273. The maximum Gasteiger partial charge on any atom is 0.335 e. The summed E-state index contributed by atoms with van der Waals surface area (Å²) < 4.78 is 0. The van der Waals surface area contributed by atoms with E-state index in [-0.39, 0.29) is 6.03 Å². The van der Waals surface area contributed by atoms with E-state index in [1.165, 1.54) is 0 Å². The van der Waals surface area contributed by atoms with Crippen LogP contribution in [0.3, 0.4) is 0 Å². The van der Waals surface area contributed by atoms with Crippen LogP contribution in [0.15, 0.2) is 29.4 Å². The molecule has 0 heterocycles. The smallest absolute Gasteiger partial charge is 0.335 e. The van der Waals surface area contributed by atoms with Crippen molar-refractivity contribution in [2.75, 3.05) is 6.54 Å². The highest BCUT2D eigenvalue weighted by atomic mass is 16.2. The van der Waals surface area contributed by atoms with Gasteiger partial charge in [-0.05, 0) is 19.4 Å². The van der Waals surface area contributed by atoms with Crippen LogP contribution in [-0.2, 0) is 0 Å². The standard InChI is InChI=1S/C11H15N3O/c1-3-12-11(15)14-13-8-10-6-4-5-9(2)7-10/h4-8H,3H2,1-2H3,(H2,12,14,15)/b13-8+. The van der Waals surface area contributed by atoms with Crippen LogP contribution in [0.2, 0.25) is 0 Å². The van der Waals surface area contributed by atoms with Gasteiger partial charge in [-0.2, -0.15) is 5.10 Å². The van der Waals surface area contributed by atoms with Gasteiger partial charge >= 0.3 is 6.03 Å². The number of hydrogen-bond acceptors (Lipinski definition) is 2. The van der Waals surface area contributed by atoms with Crippen LogP contribution in [0.25, 0.3) is 0 Å². The lowest BCUT2D eigenvalue weighted by atomic mass is 10.2. The first-order valence-corrected chi connectivity index (χ1v) is 4.86. The number of nitrogens with one attached hydrogen (secondary N) is 2. The Balaban J connectivity index is 2.48. The van der Waals surface area contributed by atoms with Crippen molar-refractivity contribution in [3.63, 3.8) is 0 Å². The summed E-state index contributed by atoms with van der Waals surface area (Å²) >= 11 is 0. The second-order valence-corrected chi connectivity index (χ2v) is 3.14. The molecular weight excluding hydrogens is 190 g/mol. The summed E-state index contributed by atoms with van der Waals surface area (Å²) in [5, 5.41) is 6.39. The Kier molecular flexibility index (Phi) is 4.34. The molecule has 0 radical (unpaired) electrons. The predicted octanol–water partition coefficient (Wildman–Crippen LogP) is 1.65. The largest absolute Gasteiger partial charge is 0.337 e. The van der Waals surface area contributed by atoms with Gasteiger partial charge in [-0.15, -0.1) is 0 Å². The lowest BCUT2D eigenvalue weighted by Crippen LogP contribution is -2.31. The van der Waals surface area contributed by atoms with Crippen molar-refractivity contribution >= 4 is 12.2 Å². The molecule has 1 aromatic rings. The Morgan fingerprint density at radius 1 is 1.53 bits per heavy atom. The molecule has 0 fully saturated rings. The third-order valence-corrected chi connectivity index (χ3v) is 1.76. The molecule has 0 aliphatic carbocycles. The minimum atomic E-state index is -0.290. The average molecular weight is 205 g/mol. The Labute approximate surface area is 89.4 Å². The van der Waals surface area contributed by atoms with E-state index in [2.05, 4.69) is 15.8 Å². The number of carbonyl (C=O) groups excluding carboxylic acids is 1. The Bertz CT molecular complexity index is 361. The van der Waals surface area contributed by atoms with Crippen molar-refractivity contribution in [2.45, 2.75) is 13.8 Å². The molecule has 0 saturated carbocycles. The number of carbonyl (C=O) groups is 1. The third kappa shape index (κ3) is 4.26. The molecule has 0 bridgehead atoms. The fourth-order valence-corrected chi connectivity index (χ4v) is 1.12. The van der Waals surface area contributed by atoms with Gasteiger partial charge in [-0.3, -0.25) is 0 Å². The molecule has 0 spiro atoms. The first-order valence-electron chi connectivity index (χ1n) is 4.86. The van der Waals surface area contributed by atoms with Gasteiger partial charge in [0.05, 0.1) is 6.21 Å². The summed E-state index contributed by atoms with van der Waals surface area (Å²) in [6.45, 7) is 4.45. The van der Waals surface area contributed by atoms with Crippen molar-refractivity contribution in [3.05, 3.63) is 35.4 Å². The molecule has 2 N–H and O–H groups in total. The Morgan fingerprint density at radius 3 is 3.00 bits per heavy atom. The van der Waals surface area contributed by atoms with Gasteiger partial charge in [0.25, 0.3) is 0 Å². The maximum atomic E-state index is 11.0. The number of benzene rings is 1. The van der Waals surface area contributed by atoms with Crippen LogP contribution in [0, 0.1) is 6.92 Å². The molecule has 0 aliphatic heterocycles. The van der Waals surface area contributed by atoms with Gasteiger partial charge in [0, 0.05) is 6.54 Å². The van der Waals surface area contributed by atoms with Gasteiger partial charge in [-0.25, -0.2) is 10.2 Å². The molecule has 0 unspecified atom stereocenters. The normalized spacial score (nSPS) is 10.3. The summed E-state index contributed by atoms with van der Waals surface area (Å²) in [5.74, 6) is 0. The van der Waals surface area contributed by atoms with Gasteiger partial charge in [-0.1, -0.05) is 29.8 Å². The minimum Gasteiger partial charge on any atom is -0.337 e. The van der Waals surface area contributed by atoms with Gasteiger partial charge in [0.15, 0.2) is 0 Å². The lowest BCUT2D eigenvalue weighted by molar-refractivity contribution is 0.242. The van der Waals surface area contributed by atoms with Crippen molar-refractivity contribution in [1.29, 1.82) is 0 Å². The van der Waals surface area contributed by atoms with Gasteiger partial charge in [0.2, 0.25) is 0 Å². The zero-order chi connectivity index (χ0) is 11.1. The Hall–Kier alpha value is -1.84. The van der Waals surface area contributed by atoms with Crippen molar-refractivity contribution in [3.8, 4) is 0 Å². The van der Waals surface area contributed by atoms with Crippen molar-refractivity contribution in [2.24, 2.45) is 5.10 Å². The predicted molar refractivity (Wildman–Crippen MR) is 61.0 cm³/mol.